The van der Waals surface area contributed by atoms with Crippen molar-refractivity contribution in [2.75, 3.05) is 17.2 Å². The maximum absolute atomic E-state index is 12.3. The molecule has 0 atom stereocenters. The Kier molecular flexibility index (Phi) is 3.79. The molecule has 1 aromatic rings. The van der Waals surface area contributed by atoms with Gasteiger partial charge in [0.1, 0.15) is 6.54 Å². The van der Waals surface area contributed by atoms with Crippen LogP contribution in [-0.4, -0.2) is 29.7 Å². The number of anilines is 2. The van der Waals surface area contributed by atoms with E-state index in [2.05, 4.69) is 0 Å². The second kappa shape index (κ2) is 4.94. The number of carboxylic acids is 1. The second-order valence-electron chi connectivity index (χ2n) is 3.34. The van der Waals surface area contributed by atoms with Crippen molar-refractivity contribution in [3.8, 4) is 0 Å². The molecule has 0 fully saturated rings. The van der Waals surface area contributed by atoms with Gasteiger partial charge in [-0.2, -0.15) is 13.2 Å². The highest BCUT2D eigenvalue weighted by Gasteiger charge is 2.44. The lowest BCUT2D eigenvalue weighted by Crippen LogP contribution is -2.44. The van der Waals surface area contributed by atoms with Crippen molar-refractivity contribution >= 4 is 23.3 Å². The molecular formula is C10H9F3N2O3. The fraction of sp³-hybridized carbons (Fsp3) is 0.200. The fourth-order valence-corrected chi connectivity index (χ4v) is 1.29. The number of carboxylic acid groups (broad SMARTS) is 1. The minimum atomic E-state index is -5.17. The van der Waals surface area contributed by atoms with Crippen molar-refractivity contribution in [2.24, 2.45) is 0 Å². The average molecular weight is 262 g/mol. The summed E-state index contributed by atoms with van der Waals surface area (Å²) in [5, 5.41) is 8.55. The Labute approximate surface area is 99.6 Å². The predicted molar refractivity (Wildman–Crippen MR) is 56.9 cm³/mol. The predicted octanol–water partition coefficient (Wildman–Crippen LogP) is 1.25. The highest BCUT2D eigenvalue weighted by molar-refractivity contribution is 6.02. The van der Waals surface area contributed by atoms with Crippen LogP contribution >= 0.6 is 0 Å². The molecule has 98 valence electrons. The number of nitrogens with zero attached hydrogens (tertiary/aromatic N) is 1. The molecule has 1 aromatic carbocycles. The summed E-state index contributed by atoms with van der Waals surface area (Å²) in [6.45, 7) is -1.12. The van der Waals surface area contributed by atoms with Crippen LogP contribution in [0.1, 0.15) is 0 Å². The smallest absolute Gasteiger partial charge is 0.471 e. The summed E-state index contributed by atoms with van der Waals surface area (Å²) in [5.41, 5.74) is 5.02. The molecule has 18 heavy (non-hydrogen) atoms. The number of hydrogen-bond acceptors (Lipinski definition) is 3. The molecule has 0 aliphatic rings. The summed E-state index contributed by atoms with van der Waals surface area (Å²) in [5.74, 6) is -3.85. The summed E-state index contributed by atoms with van der Waals surface area (Å²) in [7, 11) is 0. The number of amides is 1. The Balaban J connectivity index is 3.18. The SMILES string of the molecule is Nc1ccccc1N(CC(=O)O)C(=O)C(F)(F)F. The summed E-state index contributed by atoms with van der Waals surface area (Å²) in [6, 6.07) is 5.22. The summed E-state index contributed by atoms with van der Waals surface area (Å²) in [6.07, 6.45) is -5.17. The summed E-state index contributed by atoms with van der Waals surface area (Å²) >= 11 is 0. The largest absolute Gasteiger partial charge is 0.480 e. The van der Waals surface area contributed by atoms with E-state index in [-0.39, 0.29) is 16.3 Å². The lowest BCUT2D eigenvalue weighted by atomic mass is 10.2. The number of benzene rings is 1. The van der Waals surface area contributed by atoms with Crippen molar-refractivity contribution in [1.29, 1.82) is 0 Å². The van der Waals surface area contributed by atoms with Gasteiger partial charge in [-0.15, -0.1) is 0 Å². The van der Waals surface area contributed by atoms with Crippen molar-refractivity contribution < 1.29 is 27.9 Å². The van der Waals surface area contributed by atoms with Crippen LogP contribution in [-0.2, 0) is 9.59 Å². The second-order valence-corrected chi connectivity index (χ2v) is 3.34. The molecule has 0 bridgehead atoms. The van der Waals surface area contributed by atoms with E-state index < -0.39 is 24.6 Å². The first-order chi connectivity index (χ1) is 8.23. The molecule has 3 N–H and O–H groups in total. The van der Waals surface area contributed by atoms with Gasteiger partial charge in [0.15, 0.2) is 0 Å². The van der Waals surface area contributed by atoms with E-state index in [0.717, 1.165) is 6.07 Å². The van der Waals surface area contributed by atoms with Crippen LogP contribution in [0.5, 0.6) is 0 Å². The van der Waals surface area contributed by atoms with E-state index in [1.807, 2.05) is 0 Å². The molecular weight excluding hydrogens is 253 g/mol. The number of rotatable bonds is 3. The van der Waals surface area contributed by atoms with Crippen molar-refractivity contribution in [2.45, 2.75) is 6.18 Å². The van der Waals surface area contributed by atoms with Gasteiger partial charge in [0.05, 0.1) is 11.4 Å². The minimum Gasteiger partial charge on any atom is -0.480 e. The van der Waals surface area contributed by atoms with E-state index in [0.29, 0.717) is 0 Å². The molecule has 0 aliphatic heterocycles. The molecule has 0 spiro atoms. The van der Waals surface area contributed by atoms with Gasteiger partial charge in [-0.1, -0.05) is 12.1 Å². The van der Waals surface area contributed by atoms with E-state index in [9.17, 15) is 22.8 Å². The Hall–Kier alpha value is -2.25. The van der Waals surface area contributed by atoms with Gasteiger partial charge in [-0.25, -0.2) is 0 Å². The molecule has 0 unspecified atom stereocenters. The highest BCUT2D eigenvalue weighted by Crippen LogP contribution is 2.27. The van der Waals surface area contributed by atoms with Gasteiger partial charge in [-0.05, 0) is 12.1 Å². The highest BCUT2D eigenvalue weighted by atomic mass is 19.4. The third-order valence-electron chi connectivity index (χ3n) is 2.01. The topological polar surface area (TPSA) is 83.6 Å². The van der Waals surface area contributed by atoms with Crippen molar-refractivity contribution in [3.63, 3.8) is 0 Å². The number of para-hydroxylation sites is 2. The van der Waals surface area contributed by atoms with Crippen molar-refractivity contribution in [1.82, 2.24) is 0 Å². The van der Waals surface area contributed by atoms with Crippen LogP contribution in [0, 0.1) is 0 Å². The summed E-state index contributed by atoms with van der Waals surface area (Å²) in [4.78, 5) is 21.7. The van der Waals surface area contributed by atoms with Gasteiger partial charge in [0.25, 0.3) is 0 Å². The number of alkyl halides is 3. The van der Waals surface area contributed by atoms with Crippen LogP contribution in [0.15, 0.2) is 24.3 Å². The maximum atomic E-state index is 12.3. The molecule has 1 rings (SSSR count). The number of nitrogen functional groups attached to an aromatic ring is 1. The lowest BCUT2D eigenvalue weighted by Gasteiger charge is -2.23. The maximum Gasteiger partial charge on any atom is 0.471 e. The number of halogens is 3. The van der Waals surface area contributed by atoms with E-state index in [1.165, 1.54) is 18.2 Å². The number of carbonyl (C=O) groups excluding carboxylic acids is 1. The quantitative estimate of drug-likeness (QED) is 0.803. The van der Waals surface area contributed by atoms with E-state index in [1.54, 1.807) is 0 Å². The molecule has 0 heterocycles. The molecule has 0 radical (unpaired) electrons. The number of aliphatic carboxylic acids is 1. The van der Waals surface area contributed by atoms with Gasteiger partial charge in [0, 0.05) is 0 Å². The zero-order valence-corrected chi connectivity index (χ0v) is 8.94. The molecule has 0 saturated carbocycles. The Morgan fingerprint density at radius 2 is 1.83 bits per heavy atom. The number of hydrogen-bond donors (Lipinski definition) is 2. The number of nitrogens with two attached hydrogens (primary N) is 1. The third-order valence-corrected chi connectivity index (χ3v) is 2.01. The van der Waals surface area contributed by atoms with Gasteiger partial charge >= 0.3 is 18.1 Å². The van der Waals surface area contributed by atoms with Crippen LogP contribution in [0.3, 0.4) is 0 Å². The van der Waals surface area contributed by atoms with Gasteiger partial charge in [-0.3, -0.25) is 14.5 Å². The molecule has 0 saturated heterocycles. The van der Waals surface area contributed by atoms with Gasteiger partial charge < -0.3 is 10.8 Å². The standard InChI is InChI=1S/C10H9F3N2O3/c11-10(12,13)9(18)15(5-8(16)17)7-4-2-1-3-6(7)14/h1-4H,5,14H2,(H,16,17). The molecule has 0 aromatic heterocycles. The monoisotopic (exact) mass is 262 g/mol. The average Bonchev–Trinajstić information content (AvgIpc) is 2.24. The minimum absolute atomic E-state index is 0.0810. The Bertz CT molecular complexity index is 474. The molecule has 8 heteroatoms. The zero-order valence-electron chi connectivity index (χ0n) is 8.94. The summed E-state index contributed by atoms with van der Waals surface area (Å²) < 4.78 is 37.0. The van der Waals surface area contributed by atoms with Crippen LogP contribution in [0.25, 0.3) is 0 Å². The fourth-order valence-electron chi connectivity index (χ4n) is 1.29. The van der Waals surface area contributed by atoms with E-state index in [4.69, 9.17) is 10.8 Å². The van der Waals surface area contributed by atoms with Crippen molar-refractivity contribution in [3.05, 3.63) is 24.3 Å². The van der Waals surface area contributed by atoms with Crippen LogP contribution < -0.4 is 10.6 Å². The number of carbonyl (C=O) groups is 2. The lowest BCUT2D eigenvalue weighted by molar-refractivity contribution is -0.170. The molecule has 5 nitrogen and oxygen atoms in total. The van der Waals surface area contributed by atoms with E-state index >= 15 is 0 Å². The van der Waals surface area contributed by atoms with Crippen LogP contribution in [0.4, 0.5) is 24.5 Å². The van der Waals surface area contributed by atoms with Crippen LogP contribution in [0.2, 0.25) is 0 Å². The normalized spacial score (nSPS) is 11.1. The third kappa shape index (κ3) is 3.12. The Morgan fingerprint density at radius 3 is 2.28 bits per heavy atom. The molecule has 0 aliphatic carbocycles. The van der Waals surface area contributed by atoms with Gasteiger partial charge in [0.2, 0.25) is 0 Å². The Morgan fingerprint density at radius 1 is 1.28 bits per heavy atom. The zero-order chi connectivity index (χ0) is 13.9. The first-order valence-electron chi connectivity index (χ1n) is 4.68. The first kappa shape index (κ1) is 13.8. The first-order valence-corrected chi connectivity index (χ1v) is 4.68. The molecule has 1 amide bonds.